The molecular weight excluding hydrogens is 382 g/mol. The van der Waals surface area contributed by atoms with E-state index >= 15 is 0 Å². The second-order valence-electron chi connectivity index (χ2n) is 6.33. The number of hydrogen-bond donors (Lipinski definition) is 3. The Morgan fingerprint density at radius 2 is 1.43 bits per heavy atom. The Balaban J connectivity index is 1.65. The lowest BCUT2D eigenvalue weighted by Gasteiger charge is -2.13. The van der Waals surface area contributed by atoms with E-state index in [1.54, 1.807) is 68.8 Å². The monoisotopic (exact) mass is 405 g/mol. The van der Waals surface area contributed by atoms with Crippen molar-refractivity contribution < 1.29 is 19.1 Å². The minimum Gasteiger partial charge on any atom is -0.497 e. The van der Waals surface area contributed by atoms with Gasteiger partial charge in [0.2, 0.25) is 5.91 Å². The molecule has 0 aromatic heterocycles. The number of carbonyl (C=O) groups is 2. The van der Waals surface area contributed by atoms with Gasteiger partial charge in [-0.2, -0.15) is 0 Å². The van der Waals surface area contributed by atoms with Crippen molar-refractivity contribution in [3.8, 4) is 11.5 Å². The van der Waals surface area contributed by atoms with Gasteiger partial charge in [-0.05, 0) is 48.5 Å². The SMILES string of the molecule is COc1ccc(NC(=O)c2ccccc2NC(=O)CNc2ccccc2OC)cc1. The predicted molar refractivity (Wildman–Crippen MR) is 118 cm³/mol. The zero-order valence-electron chi connectivity index (χ0n) is 16.8. The maximum Gasteiger partial charge on any atom is 0.257 e. The third-order valence-corrected chi connectivity index (χ3v) is 4.34. The summed E-state index contributed by atoms with van der Waals surface area (Å²) in [6.07, 6.45) is 0. The smallest absolute Gasteiger partial charge is 0.257 e. The average Bonchev–Trinajstić information content (AvgIpc) is 2.78. The Bertz CT molecular complexity index is 1020. The van der Waals surface area contributed by atoms with Crippen LogP contribution in [0, 0.1) is 0 Å². The van der Waals surface area contributed by atoms with Crippen molar-refractivity contribution in [1.29, 1.82) is 0 Å². The van der Waals surface area contributed by atoms with Crippen LogP contribution in [0.5, 0.6) is 11.5 Å². The number of ether oxygens (including phenoxy) is 2. The molecule has 0 heterocycles. The van der Waals surface area contributed by atoms with Crippen molar-refractivity contribution in [2.75, 3.05) is 36.7 Å². The van der Waals surface area contributed by atoms with Crippen LogP contribution < -0.4 is 25.4 Å². The largest absolute Gasteiger partial charge is 0.497 e. The lowest BCUT2D eigenvalue weighted by molar-refractivity contribution is -0.114. The molecular formula is C23H23N3O4. The number of carbonyl (C=O) groups excluding carboxylic acids is 2. The number of anilines is 3. The van der Waals surface area contributed by atoms with Crippen molar-refractivity contribution >= 4 is 28.9 Å². The predicted octanol–water partition coefficient (Wildman–Crippen LogP) is 4.01. The zero-order valence-corrected chi connectivity index (χ0v) is 16.8. The minimum absolute atomic E-state index is 0.0226. The van der Waals surface area contributed by atoms with Crippen LogP contribution in [0.15, 0.2) is 72.8 Å². The van der Waals surface area contributed by atoms with E-state index in [-0.39, 0.29) is 18.4 Å². The highest BCUT2D eigenvalue weighted by Crippen LogP contribution is 2.23. The molecule has 0 aliphatic heterocycles. The average molecular weight is 405 g/mol. The van der Waals surface area contributed by atoms with Gasteiger partial charge in [-0.3, -0.25) is 9.59 Å². The van der Waals surface area contributed by atoms with Gasteiger partial charge in [0.05, 0.1) is 37.7 Å². The molecule has 0 saturated heterocycles. The Morgan fingerprint density at radius 3 is 2.13 bits per heavy atom. The van der Waals surface area contributed by atoms with Crippen molar-refractivity contribution in [1.82, 2.24) is 0 Å². The summed E-state index contributed by atoms with van der Waals surface area (Å²) >= 11 is 0. The summed E-state index contributed by atoms with van der Waals surface area (Å²) in [7, 11) is 3.15. The lowest BCUT2D eigenvalue weighted by Crippen LogP contribution is -2.24. The minimum atomic E-state index is -0.325. The van der Waals surface area contributed by atoms with Crippen LogP contribution in [0.1, 0.15) is 10.4 Å². The lowest BCUT2D eigenvalue weighted by atomic mass is 10.1. The molecule has 30 heavy (non-hydrogen) atoms. The molecule has 0 saturated carbocycles. The summed E-state index contributed by atoms with van der Waals surface area (Å²) < 4.78 is 10.4. The van der Waals surface area contributed by atoms with E-state index in [1.165, 1.54) is 0 Å². The first-order valence-corrected chi connectivity index (χ1v) is 9.32. The summed E-state index contributed by atoms with van der Waals surface area (Å²) in [6.45, 7) is 0.0226. The number of rotatable bonds is 8. The van der Waals surface area contributed by atoms with Crippen LogP contribution in [-0.4, -0.2) is 32.6 Å². The first kappa shape index (κ1) is 20.7. The van der Waals surface area contributed by atoms with Gasteiger partial charge in [0.15, 0.2) is 0 Å². The molecule has 3 N–H and O–H groups in total. The molecule has 3 aromatic carbocycles. The maximum atomic E-state index is 12.7. The summed E-state index contributed by atoms with van der Waals surface area (Å²) in [5.74, 6) is 0.729. The fourth-order valence-corrected chi connectivity index (χ4v) is 2.82. The van der Waals surface area contributed by atoms with E-state index < -0.39 is 0 Å². The molecule has 0 radical (unpaired) electrons. The van der Waals surface area contributed by atoms with E-state index in [9.17, 15) is 9.59 Å². The zero-order chi connectivity index (χ0) is 21.3. The first-order chi connectivity index (χ1) is 14.6. The third-order valence-electron chi connectivity index (χ3n) is 4.34. The summed E-state index contributed by atoms with van der Waals surface area (Å²) in [5, 5.41) is 8.63. The summed E-state index contributed by atoms with van der Waals surface area (Å²) in [4.78, 5) is 25.1. The van der Waals surface area contributed by atoms with Crippen LogP contribution in [0.3, 0.4) is 0 Å². The van der Waals surface area contributed by atoms with Gasteiger partial charge in [-0.1, -0.05) is 24.3 Å². The Hall–Kier alpha value is -4.00. The Morgan fingerprint density at radius 1 is 0.767 bits per heavy atom. The molecule has 154 valence electrons. The standard InChI is InChI=1S/C23H23N3O4/c1-29-17-13-11-16(12-14-17)25-23(28)18-7-3-4-8-19(18)26-22(27)15-24-20-9-5-6-10-21(20)30-2/h3-14,24H,15H2,1-2H3,(H,25,28)(H,26,27). The van der Waals surface area contributed by atoms with Gasteiger partial charge < -0.3 is 25.4 Å². The molecule has 0 unspecified atom stereocenters. The fraction of sp³-hybridized carbons (Fsp3) is 0.130. The molecule has 0 spiro atoms. The molecule has 0 fully saturated rings. The van der Waals surface area contributed by atoms with Crippen molar-refractivity contribution in [2.45, 2.75) is 0 Å². The number of nitrogens with one attached hydrogen (secondary N) is 3. The highest BCUT2D eigenvalue weighted by Gasteiger charge is 2.14. The quantitative estimate of drug-likeness (QED) is 0.527. The fourth-order valence-electron chi connectivity index (χ4n) is 2.82. The molecule has 7 heteroatoms. The second-order valence-corrected chi connectivity index (χ2v) is 6.33. The van der Waals surface area contributed by atoms with Crippen LogP contribution in [-0.2, 0) is 4.79 Å². The number of para-hydroxylation sites is 3. The second kappa shape index (κ2) is 9.97. The normalized spacial score (nSPS) is 10.1. The van der Waals surface area contributed by atoms with Gasteiger partial charge in [-0.15, -0.1) is 0 Å². The maximum absolute atomic E-state index is 12.7. The van der Waals surface area contributed by atoms with Crippen molar-refractivity contribution in [3.63, 3.8) is 0 Å². The Labute approximate surface area is 175 Å². The molecule has 0 atom stereocenters. The Kier molecular flexibility index (Phi) is 6.89. The summed E-state index contributed by atoms with van der Waals surface area (Å²) in [6, 6.07) is 21.2. The number of amides is 2. The molecule has 3 aromatic rings. The highest BCUT2D eigenvalue weighted by molar-refractivity contribution is 6.10. The number of methoxy groups -OCH3 is 2. The van der Waals surface area contributed by atoms with E-state index in [1.807, 2.05) is 18.2 Å². The molecule has 3 rings (SSSR count). The molecule has 0 aliphatic carbocycles. The van der Waals surface area contributed by atoms with Gasteiger partial charge in [0.25, 0.3) is 5.91 Å². The molecule has 0 bridgehead atoms. The van der Waals surface area contributed by atoms with E-state index in [0.717, 1.165) is 0 Å². The van der Waals surface area contributed by atoms with E-state index in [0.29, 0.717) is 34.1 Å². The van der Waals surface area contributed by atoms with Crippen LogP contribution in [0.2, 0.25) is 0 Å². The van der Waals surface area contributed by atoms with E-state index in [2.05, 4.69) is 16.0 Å². The van der Waals surface area contributed by atoms with Gasteiger partial charge in [0.1, 0.15) is 11.5 Å². The molecule has 2 amide bonds. The van der Waals surface area contributed by atoms with Gasteiger partial charge in [-0.25, -0.2) is 0 Å². The number of hydrogen-bond acceptors (Lipinski definition) is 5. The summed E-state index contributed by atoms with van der Waals surface area (Å²) in [5.41, 5.74) is 2.12. The van der Waals surface area contributed by atoms with Crippen LogP contribution >= 0.6 is 0 Å². The van der Waals surface area contributed by atoms with Crippen LogP contribution in [0.4, 0.5) is 17.1 Å². The third kappa shape index (κ3) is 5.29. The van der Waals surface area contributed by atoms with Crippen molar-refractivity contribution in [2.24, 2.45) is 0 Å². The van der Waals surface area contributed by atoms with Crippen molar-refractivity contribution in [3.05, 3.63) is 78.4 Å². The topological polar surface area (TPSA) is 88.7 Å². The first-order valence-electron chi connectivity index (χ1n) is 9.32. The van der Waals surface area contributed by atoms with Crippen LogP contribution in [0.25, 0.3) is 0 Å². The molecule has 0 aliphatic rings. The van der Waals surface area contributed by atoms with Gasteiger partial charge >= 0.3 is 0 Å². The van der Waals surface area contributed by atoms with Gasteiger partial charge in [0, 0.05) is 5.69 Å². The van der Waals surface area contributed by atoms with E-state index in [4.69, 9.17) is 9.47 Å². The highest BCUT2D eigenvalue weighted by atomic mass is 16.5. The molecule has 7 nitrogen and oxygen atoms in total. The number of benzene rings is 3.